The smallest absolute Gasteiger partial charge is 4.00 e. The van der Waals surface area contributed by atoms with Crippen molar-refractivity contribution in [1.82, 2.24) is 0 Å². The zero-order valence-electron chi connectivity index (χ0n) is 4.27. The molecular weight excluding hydrogens is 399 g/mol. The van der Waals surface area contributed by atoms with Gasteiger partial charge in [0.05, 0.1) is 0 Å². The summed E-state index contributed by atoms with van der Waals surface area (Å²) >= 11 is -5.75. The first kappa shape index (κ1) is 16.9. The SMILES string of the molecule is O=[Si]([O-])[O-].[O]=[Cr](=[O])([O-])[O-].[Pb+4]. The van der Waals surface area contributed by atoms with Crippen LogP contribution in [0.15, 0.2) is 0 Å². The van der Waals surface area contributed by atoms with Crippen LogP contribution in [-0.2, 0) is 25.7 Å². The van der Waals surface area contributed by atoms with E-state index in [1.54, 1.807) is 0 Å². The van der Waals surface area contributed by atoms with Crippen molar-refractivity contribution in [3.05, 3.63) is 0 Å². The largest absolute Gasteiger partial charge is 4.00 e. The van der Waals surface area contributed by atoms with E-state index < -0.39 is 22.8 Å². The van der Waals surface area contributed by atoms with Crippen LogP contribution in [0.3, 0.4) is 0 Å². The third-order valence-electron chi connectivity index (χ3n) is 0. The van der Waals surface area contributed by atoms with Gasteiger partial charge >= 0.3 is 56.8 Å². The quantitative estimate of drug-likeness (QED) is 0.369. The topological polar surface area (TPSA) is 143 Å². The molecule has 0 saturated heterocycles. The summed E-state index contributed by atoms with van der Waals surface area (Å²) in [6.45, 7) is 0. The van der Waals surface area contributed by atoms with Crippen molar-refractivity contribution in [2.24, 2.45) is 0 Å². The van der Waals surface area contributed by atoms with E-state index in [0.29, 0.717) is 0 Å². The molecule has 0 bridgehead atoms. The van der Waals surface area contributed by atoms with Crippen molar-refractivity contribution in [3.63, 3.8) is 0 Å². The van der Waals surface area contributed by atoms with Crippen LogP contribution in [-0.4, -0.2) is 36.5 Å². The zero-order chi connectivity index (χ0) is 8.08. The number of rotatable bonds is 0. The molecule has 0 aliphatic carbocycles. The second-order valence-corrected chi connectivity index (χ2v) is 2.43. The predicted octanol–water partition coefficient (Wildman–Crippen LogP) is -5.88. The summed E-state index contributed by atoms with van der Waals surface area (Å²) < 4.78 is 42.9. The fraction of sp³-hybridized carbons (Fsp3) is 0. The Balaban J connectivity index is -0.0000000910. The van der Waals surface area contributed by atoms with Gasteiger partial charge in [0.25, 0.3) is 0 Å². The minimum Gasteiger partial charge on any atom is 4.00 e. The molecule has 0 aromatic rings. The molecular formula is CrO7PbSi. The average molecular weight is 399 g/mol. The Morgan fingerprint density at radius 1 is 1.10 bits per heavy atom. The molecule has 0 radical (unpaired) electrons. The standard InChI is InChI=1S/Cr.O3Si.4O.Pb/c;1-4(2)3;;;;;/q;-2;;;2*-1;+4. The number of hydrogen-bond acceptors (Lipinski definition) is 7. The molecule has 0 heterocycles. The van der Waals surface area contributed by atoms with Crippen molar-refractivity contribution < 1.29 is 43.6 Å². The molecule has 56 valence electrons. The third kappa shape index (κ3) is 1420. The zero-order valence-corrected chi connectivity index (χ0v) is 10.4. The van der Waals surface area contributed by atoms with Gasteiger partial charge in [-0.2, -0.15) is 0 Å². The van der Waals surface area contributed by atoms with E-state index in [9.17, 15) is 0 Å². The first-order valence-corrected chi connectivity index (χ1v) is 4.59. The minimum atomic E-state index is -5.75. The number of hydrogen-bond donors (Lipinski definition) is 0. The molecule has 0 N–H and O–H groups in total. The van der Waals surface area contributed by atoms with E-state index >= 15 is 0 Å². The molecule has 0 saturated carbocycles. The maximum atomic E-state index is 8.59. The van der Waals surface area contributed by atoms with Crippen LogP contribution in [0.25, 0.3) is 0 Å². The third-order valence-corrected chi connectivity index (χ3v) is 0. The summed E-state index contributed by atoms with van der Waals surface area (Å²) in [4.78, 5) is 17.0. The van der Waals surface area contributed by atoms with Gasteiger partial charge in [-0.15, -0.1) is 0 Å². The summed E-state index contributed by atoms with van der Waals surface area (Å²) in [7, 11) is -3.63. The molecule has 0 unspecified atom stereocenters. The summed E-state index contributed by atoms with van der Waals surface area (Å²) in [5.41, 5.74) is 0. The van der Waals surface area contributed by atoms with E-state index in [1.165, 1.54) is 0 Å². The summed E-state index contributed by atoms with van der Waals surface area (Å²) in [5.74, 6) is 0. The fourth-order valence-electron chi connectivity index (χ4n) is 0. The van der Waals surface area contributed by atoms with Crippen molar-refractivity contribution >= 4 is 36.5 Å². The van der Waals surface area contributed by atoms with Crippen LogP contribution in [0, 0.1) is 0 Å². The molecule has 0 aliphatic heterocycles. The van der Waals surface area contributed by atoms with Crippen molar-refractivity contribution in [2.75, 3.05) is 0 Å². The molecule has 0 spiro atoms. The van der Waals surface area contributed by atoms with Gasteiger partial charge in [0.1, 0.15) is 0 Å². The van der Waals surface area contributed by atoms with Crippen LogP contribution in [0.2, 0.25) is 0 Å². The van der Waals surface area contributed by atoms with E-state index in [1.807, 2.05) is 0 Å². The molecule has 0 aromatic heterocycles. The second kappa shape index (κ2) is 7.70. The van der Waals surface area contributed by atoms with Crippen molar-refractivity contribution in [1.29, 1.82) is 0 Å². The Hall–Kier alpha value is 0.591. The van der Waals surface area contributed by atoms with Crippen LogP contribution in [0.1, 0.15) is 0 Å². The Labute approximate surface area is 79.8 Å². The second-order valence-electron chi connectivity index (χ2n) is 0.658. The molecule has 0 rings (SSSR count). The first-order valence-electron chi connectivity index (χ1n) is 1.28. The van der Waals surface area contributed by atoms with E-state index in [-0.39, 0.29) is 27.3 Å². The maximum Gasteiger partial charge on any atom is 4.00 e. The van der Waals surface area contributed by atoms with Gasteiger partial charge in [-0.3, -0.25) is 0 Å². The summed E-state index contributed by atoms with van der Waals surface area (Å²) in [6.07, 6.45) is 0. The van der Waals surface area contributed by atoms with Crippen LogP contribution >= 0.6 is 0 Å². The normalized spacial score (nSPS) is 8.20. The molecule has 10 heteroatoms. The molecule has 0 aliphatic rings. The fourth-order valence-corrected chi connectivity index (χ4v) is 0. The Morgan fingerprint density at radius 2 is 1.10 bits per heavy atom. The molecule has 10 heavy (non-hydrogen) atoms. The molecule has 0 atom stereocenters. The van der Waals surface area contributed by atoms with Gasteiger partial charge in [0.2, 0.25) is 0 Å². The van der Waals surface area contributed by atoms with Crippen LogP contribution in [0.5, 0.6) is 0 Å². The van der Waals surface area contributed by atoms with Gasteiger partial charge in [-0.05, 0) is 0 Å². The molecule has 0 fully saturated rings. The summed E-state index contributed by atoms with van der Waals surface area (Å²) in [5, 5.41) is 0. The van der Waals surface area contributed by atoms with Gasteiger partial charge in [0.15, 0.2) is 0 Å². The van der Waals surface area contributed by atoms with Crippen LogP contribution < -0.4 is 17.9 Å². The average Bonchev–Trinajstić information content (AvgIpc) is 1.19. The van der Waals surface area contributed by atoms with E-state index in [4.69, 9.17) is 30.0 Å². The Morgan fingerprint density at radius 3 is 1.10 bits per heavy atom. The molecule has 0 amide bonds. The van der Waals surface area contributed by atoms with Gasteiger partial charge in [-0.25, -0.2) is 0 Å². The van der Waals surface area contributed by atoms with E-state index in [0.717, 1.165) is 0 Å². The first-order chi connectivity index (χ1) is 3.73. The van der Waals surface area contributed by atoms with Gasteiger partial charge < -0.3 is 14.1 Å². The Kier molecular flexibility index (Phi) is 13.0. The van der Waals surface area contributed by atoms with Crippen LogP contribution in [0.4, 0.5) is 0 Å². The van der Waals surface area contributed by atoms with E-state index in [2.05, 4.69) is 0 Å². The molecule has 0 aromatic carbocycles. The maximum absolute atomic E-state index is 8.59. The predicted molar refractivity (Wildman–Crippen MR) is 13.6 cm³/mol. The Bertz CT molecular complexity index is 156. The monoisotopic (exact) mass is 400 g/mol. The summed E-state index contributed by atoms with van der Waals surface area (Å²) in [6, 6.07) is 0. The van der Waals surface area contributed by atoms with Crippen molar-refractivity contribution in [3.8, 4) is 0 Å². The molecule has 7 nitrogen and oxygen atoms in total. The van der Waals surface area contributed by atoms with Gasteiger partial charge in [0, 0.05) is 9.17 Å². The van der Waals surface area contributed by atoms with Crippen molar-refractivity contribution in [2.45, 2.75) is 0 Å². The minimum absolute atomic E-state index is 0. The van der Waals surface area contributed by atoms with Gasteiger partial charge in [-0.1, -0.05) is 0 Å².